The summed E-state index contributed by atoms with van der Waals surface area (Å²) in [6.45, 7) is -0.225. The van der Waals surface area contributed by atoms with Crippen LogP contribution in [0.5, 0.6) is 0 Å². The summed E-state index contributed by atoms with van der Waals surface area (Å²) in [5, 5.41) is 2.64. The maximum absolute atomic E-state index is 12.3. The molecule has 128 valence electrons. The van der Waals surface area contributed by atoms with E-state index in [1.54, 1.807) is 18.2 Å². The lowest BCUT2D eigenvalue weighted by atomic mass is 10.2. The van der Waals surface area contributed by atoms with Gasteiger partial charge in [0.2, 0.25) is 5.91 Å². The Morgan fingerprint density at radius 3 is 2.96 bits per heavy atom. The van der Waals surface area contributed by atoms with E-state index in [0.717, 1.165) is 11.8 Å². The standard InChI is InChI=1S/C14H14N2O5S3/c17-12(15-9-3-5-24(19,20)8-9)7-16-13(18)11(23-14(16)22)6-10-2-1-4-21-10/h1-2,4,6,9H,3,5,7-8H2,(H,15,17)/b11-6+. The molecular weight excluding hydrogens is 372 g/mol. The van der Waals surface area contributed by atoms with Crippen molar-refractivity contribution in [3.8, 4) is 0 Å². The Labute approximate surface area is 148 Å². The van der Waals surface area contributed by atoms with Crippen molar-refractivity contribution >= 4 is 56.0 Å². The summed E-state index contributed by atoms with van der Waals surface area (Å²) < 4.78 is 28.3. The molecule has 1 N–H and O–H groups in total. The molecule has 3 heterocycles. The second-order valence-corrected chi connectivity index (χ2v) is 9.36. The maximum Gasteiger partial charge on any atom is 0.266 e. The highest BCUT2D eigenvalue weighted by Gasteiger charge is 2.35. The van der Waals surface area contributed by atoms with Crippen LogP contribution in [0.4, 0.5) is 0 Å². The fourth-order valence-corrected chi connectivity index (χ4v) is 5.37. The largest absolute Gasteiger partial charge is 0.465 e. The molecule has 2 aliphatic rings. The van der Waals surface area contributed by atoms with Crippen LogP contribution in [0.1, 0.15) is 12.2 Å². The normalized spacial score (nSPS) is 24.8. The van der Waals surface area contributed by atoms with Crippen molar-refractivity contribution in [3.05, 3.63) is 29.1 Å². The molecule has 2 saturated heterocycles. The first-order valence-corrected chi connectivity index (χ1v) is 10.2. The summed E-state index contributed by atoms with van der Waals surface area (Å²) in [5.41, 5.74) is 0. The lowest BCUT2D eigenvalue weighted by Gasteiger charge is -2.16. The molecule has 0 bridgehead atoms. The minimum absolute atomic E-state index is 0.0600. The summed E-state index contributed by atoms with van der Waals surface area (Å²) in [6, 6.07) is 3.01. The van der Waals surface area contributed by atoms with Gasteiger partial charge >= 0.3 is 0 Å². The van der Waals surface area contributed by atoms with E-state index >= 15 is 0 Å². The highest BCUT2D eigenvalue weighted by Crippen LogP contribution is 2.32. The number of nitrogens with one attached hydrogen (secondary N) is 1. The zero-order valence-electron chi connectivity index (χ0n) is 12.4. The number of rotatable bonds is 4. The van der Waals surface area contributed by atoms with E-state index in [2.05, 4.69) is 5.32 Å². The van der Waals surface area contributed by atoms with Gasteiger partial charge in [0, 0.05) is 12.1 Å². The van der Waals surface area contributed by atoms with Gasteiger partial charge in [-0.25, -0.2) is 8.42 Å². The van der Waals surface area contributed by atoms with E-state index in [9.17, 15) is 18.0 Å². The number of thioether (sulfide) groups is 1. The third-order valence-corrected chi connectivity index (χ3v) is 6.74. The van der Waals surface area contributed by atoms with Crippen molar-refractivity contribution in [1.82, 2.24) is 10.2 Å². The van der Waals surface area contributed by atoms with Crippen molar-refractivity contribution in [2.24, 2.45) is 0 Å². The van der Waals surface area contributed by atoms with Gasteiger partial charge in [0.05, 0.1) is 22.7 Å². The Morgan fingerprint density at radius 2 is 2.33 bits per heavy atom. The lowest BCUT2D eigenvalue weighted by Crippen LogP contribution is -2.43. The second kappa shape index (κ2) is 6.69. The number of furan rings is 1. The van der Waals surface area contributed by atoms with Crippen LogP contribution >= 0.6 is 24.0 Å². The third kappa shape index (κ3) is 3.87. The van der Waals surface area contributed by atoms with Crippen molar-refractivity contribution in [1.29, 1.82) is 0 Å². The molecule has 24 heavy (non-hydrogen) atoms. The number of carbonyl (C=O) groups is 2. The second-order valence-electron chi connectivity index (χ2n) is 5.45. The van der Waals surface area contributed by atoms with Gasteiger partial charge in [-0.05, 0) is 18.6 Å². The predicted molar refractivity (Wildman–Crippen MR) is 93.8 cm³/mol. The molecule has 1 aromatic rings. The molecule has 0 aliphatic carbocycles. The number of amides is 2. The molecule has 2 aliphatic heterocycles. The Balaban J connectivity index is 1.62. The van der Waals surface area contributed by atoms with Gasteiger partial charge < -0.3 is 9.73 Å². The van der Waals surface area contributed by atoms with Gasteiger partial charge in [0.15, 0.2) is 9.84 Å². The number of hydrogen-bond acceptors (Lipinski definition) is 7. The number of carbonyl (C=O) groups excluding carboxylic acids is 2. The summed E-state index contributed by atoms with van der Waals surface area (Å²) in [6.07, 6.45) is 3.46. The van der Waals surface area contributed by atoms with Gasteiger partial charge in [0.1, 0.15) is 16.6 Å². The van der Waals surface area contributed by atoms with Gasteiger partial charge in [-0.1, -0.05) is 24.0 Å². The monoisotopic (exact) mass is 386 g/mol. The van der Waals surface area contributed by atoms with E-state index in [1.165, 1.54) is 11.2 Å². The summed E-state index contributed by atoms with van der Waals surface area (Å²) in [5.74, 6) is -0.250. The lowest BCUT2D eigenvalue weighted by molar-refractivity contribution is -0.129. The highest BCUT2D eigenvalue weighted by atomic mass is 32.2. The maximum atomic E-state index is 12.3. The van der Waals surface area contributed by atoms with E-state index in [1.807, 2.05) is 0 Å². The molecule has 0 aromatic carbocycles. The first-order valence-electron chi connectivity index (χ1n) is 7.13. The molecule has 0 radical (unpaired) electrons. The van der Waals surface area contributed by atoms with Crippen molar-refractivity contribution < 1.29 is 22.4 Å². The van der Waals surface area contributed by atoms with Crippen LogP contribution in [0.2, 0.25) is 0 Å². The molecule has 0 saturated carbocycles. The molecule has 1 aromatic heterocycles. The fraction of sp³-hybridized carbons (Fsp3) is 0.357. The summed E-state index contributed by atoms with van der Waals surface area (Å²) >= 11 is 6.25. The molecule has 3 rings (SSSR count). The molecule has 1 unspecified atom stereocenters. The molecule has 10 heteroatoms. The van der Waals surface area contributed by atoms with Crippen LogP contribution in [0.3, 0.4) is 0 Å². The van der Waals surface area contributed by atoms with Gasteiger partial charge in [-0.3, -0.25) is 14.5 Å². The van der Waals surface area contributed by atoms with Crippen LogP contribution < -0.4 is 5.32 Å². The van der Waals surface area contributed by atoms with E-state index in [0.29, 0.717) is 17.1 Å². The Hall–Kier alpha value is -1.65. The van der Waals surface area contributed by atoms with Gasteiger partial charge in [-0.15, -0.1) is 0 Å². The minimum atomic E-state index is -3.07. The number of nitrogens with zero attached hydrogens (tertiary/aromatic N) is 1. The first kappa shape index (κ1) is 17.2. The molecular formula is C14H14N2O5S3. The van der Waals surface area contributed by atoms with Crippen molar-refractivity contribution in [2.75, 3.05) is 18.1 Å². The van der Waals surface area contributed by atoms with Crippen LogP contribution in [-0.4, -0.2) is 53.5 Å². The topological polar surface area (TPSA) is 96.7 Å². The van der Waals surface area contributed by atoms with Crippen LogP contribution in [0.15, 0.2) is 27.7 Å². The molecule has 2 fully saturated rings. The number of thiocarbonyl (C=S) groups is 1. The smallest absolute Gasteiger partial charge is 0.266 e. The van der Waals surface area contributed by atoms with E-state index < -0.39 is 21.8 Å². The predicted octanol–water partition coefficient (Wildman–Crippen LogP) is 0.784. The quantitative estimate of drug-likeness (QED) is 0.603. The highest BCUT2D eigenvalue weighted by molar-refractivity contribution is 8.26. The zero-order chi connectivity index (χ0) is 17.3. The van der Waals surface area contributed by atoms with Crippen LogP contribution in [0.25, 0.3) is 6.08 Å². The fourth-order valence-electron chi connectivity index (χ4n) is 2.46. The van der Waals surface area contributed by atoms with Crippen LogP contribution in [0, 0.1) is 0 Å². The Kier molecular flexibility index (Phi) is 4.79. The third-order valence-electron chi connectivity index (χ3n) is 3.59. The average Bonchev–Trinajstić information content (AvgIpc) is 3.17. The zero-order valence-corrected chi connectivity index (χ0v) is 14.9. The van der Waals surface area contributed by atoms with Crippen LogP contribution in [-0.2, 0) is 19.4 Å². The minimum Gasteiger partial charge on any atom is -0.465 e. The molecule has 1 atom stereocenters. The average molecular weight is 386 g/mol. The molecule has 0 spiro atoms. The summed E-state index contributed by atoms with van der Waals surface area (Å²) in [7, 11) is -3.07. The Morgan fingerprint density at radius 1 is 1.54 bits per heavy atom. The van der Waals surface area contributed by atoms with Gasteiger partial charge in [-0.2, -0.15) is 0 Å². The van der Waals surface area contributed by atoms with E-state index in [-0.39, 0.29) is 28.3 Å². The first-order chi connectivity index (χ1) is 11.3. The van der Waals surface area contributed by atoms with Crippen molar-refractivity contribution in [2.45, 2.75) is 12.5 Å². The van der Waals surface area contributed by atoms with Gasteiger partial charge in [0.25, 0.3) is 5.91 Å². The number of hydrogen-bond donors (Lipinski definition) is 1. The number of sulfone groups is 1. The molecule has 2 amide bonds. The SMILES string of the molecule is O=C(CN1C(=O)/C(=C\c2ccco2)SC1=S)NC1CCS(=O)(=O)C1. The van der Waals surface area contributed by atoms with Crippen molar-refractivity contribution in [3.63, 3.8) is 0 Å². The summed E-state index contributed by atoms with van der Waals surface area (Å²) in [4.78, 5) is 26.0. The Bertz CT molecular complexity index is 813. The van der Waals surface area contributed by atoms with E-state index in [4.69, 9.17) is 16.6 Å². The molecule has 7 nitrogen and oxygen atoms in total.